The third-order valence-electron chi connectivity index (χ3n) is 4.00. The number of rotatable bonds is 6. The number of nitrogens with zero attached hydrogens (tertiary/aromatic N) is 1. The van der Waals surface area contributed by atoms with Crippen molar-refractivity contribution in [2.24, 2.45) is 5.92 Å². The van der Waals surface area contributed by atoms with E-state index in [0.29, 0.717) is 12.5 Å². The van der Waals surface area contributed by atoms with Crippen LogP contribution < -0.4 is 15.4 Å². The quantitative estimate of drug-likeness (QED) is 0.814. The van der Waals surface area contributed by atoms with Crippen LogP contribution in [0.15, 0.2) is 24.3 Å². The van der Waals surface area contributed by atoms with Crippen molar-refractivity contribution in [2.75, 3.05) is 45.7 Å². The van der Waals surface area contributed by atoms with E-state index in [1.165, 1.54) is 0 Å². The second kappa shape index (κ2) is 11.4. The first kappa shape index (κ1) is 21.8. The van der Waals surface area contributed by atoms with E-state index in [2.05, 4.69) is 10.6 Å². The van der Waals surface area contributed by atoms with E-state index in [1.807, 2.05) is 36.2 Å². The van der Waals surface area contributed by atoms with Gasteiger partial charge in [-0.2, -0.15) is 0 Å². The van der Waals surface area contributed by atoms with Crippen molar-refractivity contribution in [2.45, 2.75) is 12.8 Å². The van der Waals surface area contributed by atoms with Gasteiger partial charge in [-0.15, -0.1) is 24.8 Å². The molecule has 23 heavy (non-hydrogen) atoms. The Bertz CT molecular complexity index is 466. The summed E-state index contributed by atoms with van der Waals surface area (Å²) in [6.45, 7) is 3.08. The summed E-state index contributed by atoms with van der Waals surface area (Å²) in [5, 5.41) is 6.38. The van der Waals surface area contributed by atoms with Gasteiger partial charge in [0.25, 0.3) is 0 Å². The van der Waals surface area contributed by atoms with Crippen molar-refractivity contribution in [3.63, 3.8) is 0 Å². The highest BCUT2D eigenvalue weighted by Crippen LogP contribution is 2.23. The van der Waals surface area contributed by atoms with Gasteiger partial charge in [0.05, 0.1) is 19.3 Å². The van der Waals surface area contributed by atoms with Gasteiger partial charge in [-0.05, 0) is 44.5 Å². The van der Waals surface area contributed by atoms with Crippen LogP contribution in [0, 0.1) is 5.92 Å². The van der Waals surface area contributed by atoms with Gasteiger partial charge >= 0.3 is 0 Å². The molecule has 1 saturated heterocycles. The number of amides is 1. The van der Waals surface area contributed by atoms with Crippen molar-refractivity contribution in [3.05, 3.63) is 24.3 Å². The Morgan fingerprint density at radius 2 is 1.91 bits per heavy atom. The van der Waals surface area contributed by atoms with E-state index >= 15 is 0 Å². The number of anilines is 1. The number of likely N-dealkylation sites (tertiary alicyclic amines) is 1. The van der Waals surface area contributed by atoms with Crippen LogP contribution in [0.1, 0.15) is 12.8 Å². The number of ether oxygens (including phenoxy) is 1. The molecule has 1 aliphatic heterocycles. The molecular formula is C16H27Cl2N3O2. The lowest BCUT2D eigenvalue weighted by Gasteiger charge is -2.32. The molecule has 2 N–H and O–H groups in total. The number of carbonyl (C=O) groups excluding carboxylic acids is 1. The molecule has 2 rings (SSSR count). The Balaban J connectivity index is 0.00000242. The van der Waals surface area contributed by atoms with Crippen LogP contribution in [0.2, 0.25) is 0 Å². The molecule has 0 aliphatic carbocycles. The van der Waals surface area contributed by atoms with Crippen molar-refractivity contribution in [1.82, 2.24) is 10.2 Å². The van der Waals surface area contributed by atoms with Gasteiger partial charge < -0.3 is 20.3 Å². The molecule has 1 heterocycles. The van der Waals surface area contributed by atoms with Crippen LogP contribution in [0.4, 0.5) is 5.69 Å². The van der Waals surface area contributed by atoms with Gasteiger partial charge in [0.2, 0.25) is 5.91 Å². The Morgan fingerprint density at radius 3 is 2.52 bits per heavy atom. The lowest BCUT2D eigenvalue weighted by Crippen LogP contribution is -2.42. The summed E-state index contributed by atoms with van der Waals surface area (Å²) in [4.78, 5) is 14.2. The summed E-state index contributed by atoms with van der Waals surface area (Å²) in [5.41, 5.74) is 0.860. The second-order valence-electron chi connectivity index (χ2n) is 5.44. The molecule has 0 aromatic heterocycles. The Labute approximate surface area is 151 Å². The molecular weight excluding hydrogens is 337 g/mol. The number of nitrogens with one attached hydrogen (secondary N) is 2. The number of carbonyl (C=O) groups is 1. The molecule has 1 aliphatic rings. The minimum absolute atomic E-state index is 0. The zero-order chi connectivity index (χ0) is 15.1. The monoisotopic (exact) mass is 363 g/mol. The number of hydrogen-bond acceptors (Lipinski definition) is 4. The van der Waals surface area contributed by atoms with Gasteiger partial charge in [-0.1, -0.05) is 12.1 Å². The highest BCUT2D eigenvalue weighted by atomic mass is 35.5. The highest BCUT2D eigenvalue weighted by Gasteiger charge is 2.22. The molecule has 1 fully saturated rings. The zero-order valence-electron chi connectivity index (χ0n) is 13.7. The average molecular weight is 364 g/mol. The number of hydrogen-bond donors (Lipinski definition) is 2. The molecule has 1 amide bonds. The fraction of sp³-hybridized carbons (Fsp3) is 0.562. The SMILES string of the molecule is CNCC1CCN(C(=O)CNc2ccccc2OC)CC1.Cl.Cl. The average Bonchev–Trinajstić information content (AvgIpc) is 2.54. The van der Waals surface area contributed by atoms with Crippen LogP contribution in [0.3, 0.4) is 0 Å². The molecule has 0 unspecified atom stereocenters. The number of methoxy groups -OCH3 is 1. The third kappa shape index (κ3) is 6.45. The molecule has 5 nitrogen and oxygen atoms in total. The predicted octanol–water partition coefficient (Wildman–Crippen LogP) is 2.41. The first-order valence-electron chi connectivity index (χ1n) is 7.54. The molecule has 7 heteroatoms. The molecule has 0 atom stereocenters. The van der Waals surface area contributed by atoms with Crippen molar-refractivity contribution < 1.29 is 9.53 Å². The smallest absolute Gasteiger partial charge is 0.241 e. The maximum absolute atomic E-state index is 12.2. The fourth-order valence-corrected chi connectivity index (χ4v) is 2.75. The third-order valence-corrected chi connectivity index (χ3v) is 4.00. The van der Waals surface area contributed by atoms with Crippen molar-refractivity contribution >= 4 is 36.4 Å². The lowest BCUT2D eigenvalue weighted by atomic mass is 9.97. The molecule has 0 spiro atoms. The topological polar surface area (TPSA) is 53.6 Å². The number of piperidine rings is 1. The molecule has 0 bridgehead atoms. The van der Waals surface area contributed by atoms with Crippen LogP contribution in [-0.4, -0.2) is 51.1 Å². The fourth-order valence-electron chi connectivity index (χ4n) is 2.75. The standard InChI is InChI=1S/C16H25N3O2.2ClH/c1-17-11-13-7-9-19(10-8-13)16(20)12-18-14-5-3-4-6-15(14)21-2;;/h3-6,13,17-18H,7-12H2,1-2H3;2*1H. The summed E-state index contributed by atoms with van der Waals surface area (Å²) in [6, 6.07) is 7.65. The van der Waals surface area contributed by atoms with E-state index in [1.54, 1.807) is 7.11 Å². The minimum atomic E-state index is 0. The van der Waals surface area contributed by atoms with E-state index in [9.17, 15) is 4.79 Å². The van der Waals surface area contributed by atoms with E-state index < -0.39 is 0 Å². The minimum Gasteiger partial charge on any atom is -0.495 e. The summed E-state index contributed by atoms with van der Waals surface area (Å²) < 4.78 is 5.27. The van der Waals surface area contributed by atoms with E-state index in [-0.39, 0.29) is 30.7 Å². The van der Waals surface area contributed by atoms with Crippen LogP contribution >= 0.6 is 24.8 Å². The lowest BCUT2D eigenvalue weighted by molar-refractivity contribution is -0.130. The Kier molecular flexibility index (Phi) is 10.8. The molecule has 0 saturated carbocycles. The Hall–Kier alpha value is -1.17. The van der Waals surface area contributed by atoms with Gasteiger partial charge in [0.1, 0.15) is 5.75 Å². The van der Waals surface area contributed by atoms with Crippen LogP contribution in [-0.2, 0) is 4.79 Å². The molecule has 132 valence electrons. The summed E-state index contributed by atoms with van der Waals surface area (Å²) in [6.07, 6.45) is 2.17. The van der Waals surface area contributed by atoms with Crippen molar-refractivity contribution in [3.8, 4) is 5.75 Å². The maximum atomic E-state index is 12.2. The van der Waals surface area contributed by atoms with E-state index in [4.69, 9.17) is 4.74 Å². The van der Waals surface area contributed by atoms with Crippen LogP contribution in [0.5, 0.6) is 5.75 Å². The first-order chi connectivity index (χ1) is 10.2. The molecule has 1 aromatic carbocycles. The van der Waals surface area contributed by atoms with Crippen molar-refractivity contribution in [1.29, 1.82) is 0 Å². The number of para-hydroxylation sites is 2. The maximum Gasteiger partial charge on any atom is 0.241 e. The Morgan fingerprint density at radius 1 is 1.26 bits per heavy atom. The number of halogens is 2. The van der Waals surface area contributed by atoms with E-state index in [0.717, 1.165) is 43.9 Å². The van der Waals surface area contributed by atoms with Gasteiger partial charge in [-0.3, -0.25) is 4.79 Å². The largest absolute Gasteiger partial charge is 0.495 e. The molecule has 1 aromatic rings. The predicted molar refractivity (Wildman–Crippen MR) is 99.2 cm³/mol. The van der Waals surface area contributed by atoms with Crippen LogP contribution in [0.25, 0.3) is 0 Å². The van der Waals surface area contributed by atoms with Gasteiger partial charge in [-0.25, -0.2) is 0 Å². The van der Waals surface area contributed by atoms with Gasteiger partial charge in [0, 0.05) is 13.1 Å². The van der Waals surface area contributed by atoms with Gasteiger partial charge in [0.15, 0.2) is 0 Å². The summed E-state index contributed by atoms with van der Waals surface area (Å²) in [7, 11) is 3.61. The summed E-state index contributed by atoms with van der Waals surface area (Å²) >= 11 is 0. The normalized spacial score (nSPS) is 14.4. The number of benzene rings is 1. The first-order valence-corrected chi connectivity index (χ1v) is 7.54. The molecule has 0 radical (unpaired) electrons. The zero-order valence-corrected chi connectivity index (χ0v) is 15.3. The summed E-state index contributed by atoms with van der Waals surface area (Å²) in [5.74, 6) is 1.61. The highest BCUT2D eigenvalue weighted by molar-refractivity contribution is 5.85. The second-order valence-corrected chi connectivity index (χ2v) is 5.44.